The van der Waals surface area contributed by atoms with E-state index in [0.717, 1.165) is 12.1 Å². The van der Waals surface area contributed by atoms with Gasteiger partial charge in [-0.15, -0.1) is 0 Å². The highest BCUT2D eigenvalue weighted by atomic mass is 32.2. The van der Waals surface area contributed by atoms with Crippen molar-refractivity contribution in [2.24, 2.45) is 0 Å². The zero-order valence-electron chi connectivity index (χ0n) is 10.2. The molecule has 1 rings (SSSR count). The zero-order chi connectivity index (χ0) is 14.8. The molecular weight excluding hydrogens is 300 g/mol. The van der Waals surface area contributed by atoms with Crippen LogP contribution in [0.15, 0.2) is 29.2 Å². The van der Waals surface area contributed by atoms with Crippen LogP contribution >= 0.6 is 0 Å². The normalized spacial score (nSPS) is 12.9. The van der Waals surface area contributed by atoms with Crippen LogP contribution in [-0.4, -0.2) is 27.8 Å². The number of nitrogens with one attached hydrogen (secondary N) is 1. The Morgan fingerprint density at radius 2 is 1.58 bits per heavy atom. The molecule has 0 unspecified atom stereocenters. The SMILES string of the molecule is CC(C)S(=O)(=O)Nc1ccccc1S(=O)(=O)C(F)F. The molecule has 0 saturated carbocycles. The molecule has 0 bridgehead atoms. The molecule has 19 heavy (non-hydrogen) atoms. The molecule has 0 radical (unpaired) electrons. The first-order valence-corrected chi connectivity index (χ1v) is 8.31. The first kappa shape index (κ1) is 15.8. The first-order chi connectivity index (χ1) is 8.59. The Balaban J connectivity index is 3.34. The number of para-hydroxylation sites is 1. The third kappa shape index (κ3) is 3.41. The molecule has 9 heteroatoms. The first-order valence-electron chi connectivity index (χ1n) is 5.21. The summed E-state index contributed by atoms with van der Waals surface area (Å²) in [5, 5.41) is -0.824. The monoisotopic (exact) mass is 313 g/mol. The number of sulfone groups is 1. The van der Waals surface area contributed by atoms with Gasteiger partial charge in [-0.25, -0.2) is 16.8 Å². The van der Waals surface area contributed by atoms with Gasteiger partial charge in [0, 0.05) is 0 Å². The molecule has 1 aromatic rings. The molecule has 1 N–H and O–H groups in total. The fraction of sp³-hybridized carbons (Fsp3) is 0.400. The summed E-state index contributed by atoms with van der Waals surface area (Å²) in [5.74, 6) is -3.61. The number of rotatable bonds is 5. The van der Waals surface area contributed by atoms with E-state index in [1.54, 1.807) is 0 Å². The lowest BCUT2D eigenvalue weighted by atomic mass is 10.3. The second-order valence-corrected chi connectivity index (χ2v) is 8.12. The highest BCUT2D eigenvalue weighted by Crippen LogP contribution is 2.27. The highest BCUT2D eigenvalue weighted by molar-refractivity contribution is 7.93. The Hall–Kier alpha value is -1.22. The van der Waals surface area contributed by atoms with Gasteiger partial charge in [0.25, 0.3) is 0 Å². The number of anilines is 1. The summed E-state index contributed by atoms with van der Waals surface area (Å²) >= 11 is 0. The highest BCUT2D eigenvalue weighted by Gasteiger charge is 2.30. The van der Waals surface area contributed by atoms with E-state index < -0.39 is 35.8 Å². The predicted octanol–water partition coefficient (Wildman–Crippen LogP) is 1.83. The second-order valence-electron chi connectivity index (χ2n) is 4.00. The van der Waals surface area contributed by atoms with E-state index in [0.29, 0.717) is 0 Å². The number of benzene rings is 1. The van der Waals surface area contributed by atoms with E-state index in [4.69, 9.17) is 0 Å². The quantitative estimate of drug-likeness (QED) is 0.899. The summed E-state index contributed by atoms with van der Waals surface area (Å²) in [7, 11) is -8.68. The summed E-state index contributed by atoms with van der Waals surface area (Å²) in [4.78, 5) is -0.741. The van der Waals surface area contributed by atoms with Crippen LogP contribution in [0.3, 0.4) is 0 Å². The van der Waals surface area contributed by atoms with Crippen LogP contribution in [0.4, 0.5) is 14.5 Å². The standard InChI is InChI=1S/C10H13F2NO4S2/c1-7(2)19(16,17)13-8-5-3-4-6-9(8)18(14,15)10(11)12/h3-7,10,13H,1-2H3. The Labute approximate surface area is 110 Å². The average Bonchev–Trinajstić information content (AvgIpc) is 2.28. The van der Waals surface area contributed by atoms with Gasteiger partial charge in [0.1, 0.15) is 0 Å². The van der Waals surface area contributed by atoms with Crippen LogP contribution < -0.4 is 4.72 Å². The summed E-state index contributed by atoms with van der Waals surface area (Å²) in [6, 6.07) is 4.64. The lowest BCUT2D eigenvalue weighted by Crippen LogP contribution is -2.24. The van der Waals surface area contributed by atoms with Crippen LogP contribution in [-0.2, 0) is 19.9 Å². The van der Waals surface area contributed by atoms with Gasteiger partial charge in [0.15, 0.2) is 0 Å². The van der Waals surface area contributed by atoms with Crippen LogP contribution in [0.25, 0.3) is 0 Å². The van der Waals surface area contributed by atoms with Crippen molar-refractivity contribution in [3.8, 4) is 0 Å². The van der Waals surface area contributed by atoms with E-state index in [1.807, 2.05) is 4.72 Å². The van der Waals surface area contributed by atoms with Crippen LogP contribution in [0, 0.1) is 0 Å². The van der Waals surface area contributed by atoms with Gasteiger partial charge in [0.05, 0.1) is 15.8 Å². The maximum absolute atomic E-state index is 12.5. The zero-order valence-corrected chi connectivity index (χ0v) is 11.8. The van der Waals surface area contributed by atoms with E-state index in [2.05, 4.69) is 0 Å². The van der Waals surface area contributed by atoms with Crippen LogP contribution in [0.2, 0.25) is 0 Å². The number of hydrogen-bond acceptors (Lipinski definition) is 4. The third-order valence-electron chi connectivity index (χ3n) is 2.30. The lowest BCUT2D eigenvalue weighted by molar-refractivity contribution is 0.235. The molecule has 0 spiro atoms. The minimum Gasteiger partial charge on any atom is -0.282 e. The summed E-state index contributed by atoms with van der Waals surface area (Å²) in [6.07, 6.45) is 0. The number of sulfonamides is 1. The van der Waals surface area contributed by atoms with Crippen molar-refractivity contribution in [1.82, 2.24) is 0 Å². The Bertz CT molecular complexity index is 654. The molecule has 108 valence electrons. The van der Waals surface area contributed by atoms with Gasteiger partial charge in [0.2, 0.25) is 19.9 Å². The molecule has 0 aliphatic heterocycles. The average molecular weight is 313 g/mol. The molecule has 0 fully saturated rings. The molecule has 0 saturated heterocycles. The lowest BCUT2D eigenvalue weighted by Gasteiger charge is -2.14. The third-order valence-corrected chi connectivity index (χ3v) is 5.48. The van der Waals surface area contributed by atoms with Gasteiger partial charge in [-0.1, -0.05) is 12.1 Å². The minimum atomic E-state index is -4.87. The molecule has 0 atom stereocenters. The van der Waals surface area contributed by atoms with Crippen LogP contribution in [0.1, 0.15) is 13.8 Å². The van der Waals surface area contributed by atoms with Gasteiger partial charge in [-0.3, -0.25) is 4.72 Å². The summed E-state index contributed by atoms with van der Waals surface area (Å²) in [5.41, 5.74) is -0.378. The van der Waals surface area contributed by atoms with Crippen molar-refractivity contribution in [2.75, 3.05) is 4.72 Å². The largest absolute Gasteiger partial charge is 0.341 e. The van der Waals surface area contributed by atoms with Crippen molar-refractivity contribution in [3.05, 3.63) is 24.3 Å². The van der Waals surface area contributed by atoms with Crippen LogP contribution in [0.5, 0.6) is 0 Å². The minimum absolute atomic E-state index is 0.378. The van der Waals surface area contributed by atoms with E-state index in [-0.39, 0.29) is 5.69 Å². The molecule has 0 aromatic heterocycles. The fourth-order valence-corrected chi connectivity index (χ4v) is 2.84. The Morgan fingerprint density at radius 3 is 2.05 bits per heavy atom. The molecule has 0 aliphatic carbocycles. The maximum Gasteiger partial charge on any atom is 0.341 e. The van der Waals surface area contributed by atoms with Crippen molar-refractivity contribution in [2.45, 2.75) is 29.8 Å². The van der Waals surface area contributed by atoms with E-state index in [1.165, 1.54) is 26.0 Å². The smallest absolute Gasteiger partial charge is 0.282 e. The van der Waals surface area contributed by atoms with Crippen molar-refractivity contribution < 1.29 is 25.6 Å². The maximum atomic E-state index is 12.5. The van der Waals surface area contributed by atoms with Gasteiger partial charge in [-0.2, -0.15) is 8.78 Å². The topological polar surface area (TPSA) is 80.3 Å². The predicted molar refractivity (Wildman–Crippen MR) is 67.3 cm³/mol. The molecule has 1 aromatic carbocycles. The number of hydrogen-bond donors (Lipinski definition) is 1. The Kier molecular flexibility index (Phi) is 4.51. The van der Waals surface area contributed by atoms with Gasteiger partial charge in [-0.05, 0) is 26.0 Å². The fourth-order valence-electron chi connectivity index (χ4n) is 1.17. The van der Waals surface area contributed by atoms with Gasteiger partial charge < -0.3 is 0 Å². The van der Waals surface area contributed by atoms with E-state index >= 15 is 0 Å². The summed E-state index contributed by atoms with van der Waals surface area (Å²) < 4.78 is 73.2. The molecule has 0 amide bonds. The molecule has 0 aliphatic rings. The number of alkyl halides is 2. The van der Waals surface area contributed by atoms with Crippen molar-refractivity contribution >= 4 is 25.5 Å². The molecular formula is C10H13F2NO4S2. The second kappa shape index (κ2) is 5.41. The number of halogens is 2. The van der Waals surface area contributed by atoms with Gasteiger partial charge >= 0.3 is 5.76 Å². The Morgan fingerprint density at radius 1 is 1.05 bits per heavy atom. The molecule has 0 heterocycles. The van der Waals surface area contributed by atoms with Crippen molar-refractivity contribution in [3.63, 3.8) is 0 Å². The van der Waals surface area contributed by atoms with E-state index in [9.17, 15) is 25.6 Å². The summed E-state index contributed by atoms with van der Waals surface area (Å²) in [6.45, 7) is 2.76. The van der Waals surface area contributed by atoms with Crippen molar-refractivity contribution in [1.29, 1.82) is 0 Å². The molecule has 5 nitrogen and oxygen atoms in total.